The molecule has 0 spiro atoms. The molecule has 8 nitrogen and oxygen atoms in total. The normalized spacial score (nSPS) is 11.3. The van der Waals surface area contributed by atoms with E-state index in [1.165, 1.54) is 14.2 Å². The van der Waals surface area contributed by atoms with E-state index in [-0.39, 0.29) is 24.3 Å². The fraction of sp³-hybridized carbons (Fsp3) is 0.189. The zero-order chi connectivity index (χ0) is 31.3. The van der Waals surface area contributed by atoms with Crippen LogP contribution in [0, 0.1) is 0 Å². The van der Waals surface area contributed by atoms with Crippen LogP contribution in [-0.2, 0) is 22.3 Å². The highest BCUT2D eigenvalue weighted by atomic mass is 16.5. The lowest BCUT2D eigenvalue weighted by Gasteiger charge is -2.26. The molecule has 0 amide bonds. The van der Waals surface area contributed by atoms with Gasteiger partial charge in [-0.2, -0.15) is 0 Å². The Morgan fingerprint density at radius 2 is 1.22 bits per heavy atom. The molecular weight excluding hydrogens is 572 g/mol. The smallest absolute Gasteiger partial charge is 0.339 e. The van der Waals surface area contributed by atoms with Gasteiger partial charge < -0.3 is 28.4 Å². The Morgan fingerprint density at radius 1 is 0.644 bits per heavy atom. The van der Waals surface area contributed by atoms with Crippen LogP contribution in [0.2, 0.25) is 0 Å². The van der Waals surface area contributed by atoms with Gasteiger partial charge in [-0.25, -0.2) is 9.59 Å². The van der Waals surface area contributed by atoms with Gasteiger partial charge in [-0.3, -0.25) is 0 Å². The molecule has 5 aromatic rings. The average Bonchev–Trinajstić information content (AvgIpc) is 3.08. The Morgan fingerprint density at radius 3 is 1.82 bits per heavy atom. The van der Waals surface area contributed by atoms with Crippen LogP contribution in [-0.4, -0.2) is 46.5 Å². The first kappa shape index (κ1) is 29.6. The molecule has 228 valence electrons. The lowest BCUT2D eigenvalue weighted by Crippen LogP contribution is -2.18. The number of carbonyl (C=O) groups is 2. The fourth-order valence-corrected chi connectivity index (χ4v) is 5.56. The molecule has 0 saturated heterocycles. The predicted octanol–water partition coefficient (Wildman–Crippen LogP) is 7.44. The molecule has 1 aliphatic heterocycles. The highest BCUT2D eigenvalue weighted by Crippen LogP contribution is 2.54. The van der Waals surface area contributed by atoms with Gasteiger partial charge in [-0.05, 0) is 34.7 Å². The number of ether oxygens (including phenoxy) is 6. The maximum Gasteiger partial charge on any atom is 0.339 e. The van der Waals surface area contributed by atoms with Crippen molar-refractivity contribution in [2.75, 3.05) is 34.5 Å². The fourth-order valence-electron chi connectivity index (χ4n) is 5.56. The number of fused-ring (bicyclic) bond motifs is 2. The molecule has 0 unspecified atom stereocenters. The highest BCUT2D eigenvalue weighted by molar-refractivity contribution is 6.18. The molecule has 0 bridgehead atoms. The van der Waals surface area contributed by atoms with Gasteiger partial charge in [0.1, 0.15) is 5.75 Å². The van der Waals surface area contributed by atoms with Crippen molar-refractivity contribution in [3.8, 4) is 39.9 Å². The molecule has 45 heavy (non-hydrogen) atoms. The summed E-state index contributed by atoms with van der Waals surface area (Å²) in [7, 11) is 4.60. The van der Waals surface area contributed by atoms with Crippen molar-refractivity contribution in [3.05, 3.63) is 113 Å². The van der Waals surface area contributed by atoms with Crippen molar-refractivity contribution < 1.29 is 38.0 Å². The second-order valence-electron chi connectivity index (χ2n) is 10.4. The van der Waals surface area contributed by atoms with Crippen LogP contribution in [0.25, 0.3) is 21.9 Å². The molecule has 0 atom stereocenters. The highest BCUT2D eigenvalue weighted by Gasteiger charge is 2.34. The predicted molar refractivity (Wildman–Crippen MR) is 170 cm³/mol. The molecule has 0 saturated carbocycles. The number of benzene rings is 5. The Labute approximate surface area is 261 Å². The largest absolute Gasteiger partial charge is 0.493 e. The number of hydrogen-bond acceptors (Lipinski definition) is 8. The van der Waals surface area contributed by atoms with Gasteiger partial charge in [-0.15, -0.1) is 0 Å². The number of rotatable bonds is 11. The van der Waals surface area contributed by atoms with E-state index < -0.39 is 11.9 Å². The maximum atomic E-state index is 14.1. The third kappa shape index (κ3) is 5.87. The van der Waals surface area contributed by atoms with Crippen molar-refractivity contribution in [2.45, 2.75) is 12.8 Å². The second kappa shape index (κ2) is 13.0. The Hall–Kier alpha value is -5.50. The summed E-state index contributed by atoms with van der Waals surface area (Å²) in [5.74, 6) is 0.851. The third-order valence-corrected chi connectivity index (χ3v) is 7.77. The number of esters is 2. The molecule has 5 aromatic carbocycles. The van der Waals surface area contributed by atoms with Crippen LogP contribution < -0.4 is 18.9 Å². The summed E-state index contributed by atoms with van der Waals surface area (Å²) >= 11 is 0. The summed E-state index contributed by atoms with van der Waals surface area (Å²) in [5, 5.41) is 1.27. The SMILES string of the molecule is COc1cc2c(cc1OC)-c1c(C(=O)OCCc3ccccc3)c(C(=O)OCCc3ccccc3)cc3ccc(OC)c(c13)O2. The first-order valence-corrected chi connectivity index (χ1v) is 14.6. The standard InChI is InChI=1S/C37H32O8/c1-40-28-15-14-25-20-27(36(38)43-18-16-23-10-6-4-7-11-23)34(37(39)44-19-17-24-12-8-5-9-13-24)33-26-21-30(41-2)31(42-3)22-29(26)45-35(28)32(25)33/h4-15,20-22H,16-19H2,1-3H3. The number of carbonyl (C=O) groups excluding carboxylic acids is 2. The van der Waals surface area contributed by atoms with E-state index in [1.807, 2.05) is 66.7 Å². The number of methoxy groups -OCH3 is 3. The van der Waals surface area contributed by atoms with Crippen molar-refractivity contribution in [2.24, 2.45) is 0 Å². The summed E-state index contributed by atoms with van der Waals surface area (Å²) in [4.78, 5) is 27.9. The quantitative estimate of drug-likeness (QED) is 0.141. The van der Waals surface area contributed by atoms with Gasteiger partial charge in [0.15, 0.2) is 23.0 Å². The summed E-state index contributed by atoms with van der Waals surface area (Å²) in [6.07, 6.45) is 1.04. The average molecular weight is 605 g/mol. The van der Waals surface area contributed by atoms with Crippen molar-refractivity contribution in [3.63, 3.8) is 0 Å². The topological polar surface area (TPSA) is 89.5 Å². The summed E-state index contributed by atoms with van der Waals surface area (Å²) in [6.45, 7) is 0.250. The molecule has 0 aromatic heterocycles. The van der Waals surface area contributed by atoms with Crippen molar-refractivity contribution >= 4 is 22.7 Å². The van der Waals surface area contributed by atoms with E-state index in [0.717, 1.165) is 11.1 Å². The molecular formula is C37H32O8. The molecule has 1 heterocycles. The lowest BCUT2D eigenvalue weighted by atomic mass is 9.87. The second-order valence-corrected chi connectivity index (χ2v) is 10.4. The summed E-state index contributed by atoms with van der Waals surface area (Å²) < 4.78 is 34.8. The Balaban J connectivity index is 1.49. The molecule has 0 aliphatic carbocycles. The van der Waals surface area contributed by atoms with E-state index in [2.05, 4.69) is 0 Å². The van der Waals surface area contributed by atoms with Gasteiger partial charge in [0.05, 0.1) is 45.7 Å². The van der Waals surface area contributed by atoms with Gasteiger partial charge in [0.25, 0.3) is 0 Å². The molecule has 0 fully saturated rings. The zero-order valence-corrected chi connectivity index (χ0v) is 25.3. The minimum atomic E-state index is -0.658. The van der Waals surface area contributed by atoms with Crippen molar-refractivity contribution in [1.29, 1.82) is 0 Å². The van der Waals surface area contributed by atoms with Gasteiger partial charge in [0.2, 0.25) is 0 Å². The monoisotopic (exact) mass is 604 g/mol. The van der Waals surface area contributed by atoms with Crippen LogP contribution in [0.4, 0.5) is 0 Å². The lowest BCUT2D eigenvalue weighted by molar-refractivity contribution is 0.0463. The first-order valence-electron chi connectivity index (χ1n) is 14.6. The van der Waals surface area contributed by atoms with Crippen LogP contribution in [0.1, 0.15) is 31.8 Å². The van der Waals surface area contributed by atoms with Gasteiger partial charge >= 0.3 is 11.9 Å². The van der Waals surface area contributed by atoms with E-state index in [9.17, 15) is 9.59 Å². The Bertz CT molecular complexity index is 1870. The molecule has 0 radical (unpaired) electrons. The molecule has 0 N–H and O–H groups in total. The van der Waals surface area contributed by atoms with E-state index in [4.69, 9.17) is 28.4 Å². The van der Waals surface area contributed by atoms with E-state index >= 15 is 0 Å². The summed E-state index contributed by atoms with van der Waals surface area (Å²) in [6, 6.07) is 28.1. The zero-order valence-electron chi connectivity index (χ0n) is 25.3. The first-order chi connectivity index (χ1) is 22.0. The van der Waals surface area contributed by atoms with Crippen molar-refractivity contribution in [1.82, 2.24) is 0 Å². The summed E-state index contributed by atoms with van der Waals surface area (Å²) in [5.41, 5.74) is 3.22. The Kier molecular flexibility index (Phi) is 8.55. The molecule has 8 heteroatoms. The minimum Gasteiger partial charge on any atom is -0.493 e. The molecule has 6 rings (SSSR count). The maximum absolute atomic E-state index is 14.1. The van der Waals surface area contributed by atoms with E-state index in [1.54, 1.807) is 31.4 Å². The third-order valence-electron chi connectivity index (χ3n) is 7.77. The minimum absolute atomic E-state index is 0.0755. The van der Waals surface area contributed by atoms with Gasteiger partial charge in [-0.1, -0.05) is 66.7 Å². The van der Waals surface area contributed by atoms with Crippen LogP contribution >= 0.6 is 0 Å². The van der Waals surface area contributed by atoms with E-state index in [0.29, 0.717) is 63.5 Å². The number of hydrogen-bond donors (Lipinski definition) is 0. The molecule has 1 aliphatic rings. The van der Waals surface area contributed by atoms with Crippen LogP contribution in [0.5, 0.6) is 28.7 Å². The van der Waals surface area contributed by atoms with Crippen LogP contribution in [0.3, 0.4) is 0 Å². The van der Waals surface area contributed by atoms with Crippen LogP contribution in [0.15, 0.2) is 91.0 Å². The van der Waals surface area contributed by atoms with Gasteiger partial charge in [0, 0.05) is 35.4 Å².